The molecule has 138 valence electrons. The van der Waals surface area contributed by atoms with Crippen LogP contribution in [0.15, 0.2) is 54.6 Å². The maximum absolute atomic E-state index is 11.1. The first-order chi connectivity index (χ1) is 12.5. The summed E-state index contributed by atoms with van der Waals surface area (Å²) in [7, 11) is 0. The summed E-state index contributed by atoms with van der Waals surface area (Å²) in [6.45, 7) is 8.47. The number of rotatable bonds is 6. The predicted octanol–water partition coefficient (Wildman–Crippen LogP) is 3.63. The third-order valence-corrected chi connectivity index (χ3v) is 5.28. The zero-order valence-corrected chi connectivity index (χ0v) is 15.6. The van der Waals surface area contributed by atoms with Crippen LogP contribution < -0.4 is 5.32 Å². The van der Waals surface area contributed by atoms with Crippen molar-refractivity contribution < 1.29 is 9.90 Å². The molecule has 2 atom stereocenters. The molecule has 1 aliphatic heterocycles. The van der Waals surface area contributed by atoms with Crippen LogP contribution in [0.2, 0.25) is 0 Å². The summed E-state index contributed by atoms with van der Waals surface area (Å²) in [6, 6.07) is 18.3. The molecule has 2 N–H and O–H groups in total. The fraction of sp³-hybridized carbons (Fsp3) is 0.409. The molecule has 0 aromatic heterocycles. The summed E-state index contributed by atoms with van der Waals surface area (Å²) < 4.78 is 0. The molecule has 2 aromatic carbocycles. The molecule has 1 heterocycles. The molecule has 2 aromatic rings. The number of hydrogen-bond donors (Lipinski definition) is 2. The highest BCUT2D eigenvalue weighted by atomic mass is 16.4. The van der Waals surface area contributed by atoms with Gasteiger partial charge in [-0.05, 0) is 35.1 Å². The van der Waals surface area contributed by atoms with Gasteiger partial charge in [0.1, 0.15) is 0 Å². The van der Waals surface area contributed by atoms with Gasteiger partial charge in [-0.1, -0.05) is 56.3 Å². The molecule has 0 spiro atoms. The Morgan fingerprint density at radius 1 is 1.04 bits per heavy atom. The average molecular weight is 352 g/mol. The van der Waals surface area contributed by atoms with Crippen LogP contribution in [0.25, 0.3) is 0 Å². The van der Waals surface area contributed by atoms with Crippen molar-refractivity contribution in [2.24, 2.45) is 11.8 Å². The van der Waals surface area contributed by atoms with Crippen molar-refractivity contribution in [2.45, 2.75) is 33.0 Å². The number of likely N-dealkylation sites (tertiary alicyclic amines) is 1. The number of nitrogens with one attached hydrogen (secondary N) is 1. The second kappa shape index (κ2) is 8.47. The normalized spacial score (nSPS) is 23.7. The Morgan fingerprint density at radius 2 is 1.69 bits per heavy atom. The minimum Gasteiger partial charge on any atom is -0.478 e. The van der Waals surface area contributed by atoms with E-state index in [0.29, 0.717) is 30.0 Å². The van der Waals surface area contributed by atoms with Crippen LogP contribution in [-0.4, -0.2) is 35.1 Å². The SMILES string of the molecule is CC1CN(Cc2ccccc2)CC(C)C1NCc1cccc(C(=O)O)c1. The van der Waals surface area contributed by atoms with Crippen LogP contribution in [0, 0.1) is 11.8 Å². The lowest BCUT2D eigenvalue weighted by atomic mass is 9.85. The fourth-order valence-corrected chi connectivity index (χ4v) is 4.10. The van der Waals surface area contributed by atoms with Crippen LogP contribution in [-0.2, 0) is 13.1 Å². The minimum absolute atomic E-state index is 0.350. The summed E-state index contributed by atoms with van der Waals surface area (Å²) in [6.07, 6.45) is 0. The Bertz CT molecular complexity index is 720. The molecule has 0 radical (unpaired) electrons. The average Bonchev–Trinajstić information content (AvgIpc) is 2.62. The molecule has 3 rings (SSSR count). The van der Waals surface area contributed by atoms with Gasteiger partial charge in [-0.2, -0.15) is 0 Å². The molecular weight excluding hydrogens is 324 g/mol. The van der Waals surface area contributed by atoms with E-state index in [-0.39, 0.29) is 0 Å². The first-order valence-corrected chi connectivity index (χ1v) is 9.35. The summed E-state index contributed by atoms with van der Waals surface area (Å²) in [5.74, 6) is 0.220. The van der Waals surface area contributed by atoms with Crippen molar-refractivity contribution in [1.29, 1.82) is 0 Å². The van der Waals surface area contributed by atoms with E-state index in [0.717, 1.165) is 25.2 Å². The number of carboxylic acid groups (broad SMARTS) is 1. The molecule has 0 saturated carbocycles. The summed E-state index contributed by atoms with van der Waals surface area (Å²) in [4.78, 5) is 13.7. The fourth-order valence-electron chi connectivity index (χ4n) is 4.10. The van der Waals surface area contributed by atoms with E-state index in [4.69, 9.17) is 5.11 Å². The Kier molecular flexibility index (Phi) is 6.07. The first kappa shape index (κ1) is 18.6. The Hall–Kier alpha value is -2.17. The smallest absolute Gasteiger partial charge is 0.335 e. The molecule has 26 heavy (non-hydrogen) atoms. The second-order valence-electron chi connectivity index (χ2n) is 7.55. The molecule has 1 saturated heterocycles. The minimum atomic E-state index is -0.872. The van der Waals surface area contributed by atoms with Gasteiger partial charge in [-0.25, -0.2) is 4.79 Å². The van der Waals surface area contributed by atoms with Gasteiger partial charge in [0.2, 0.25) is 0 Å². The highest BCUT2D eigenvalue weighted by Gasteiger charge is 2.31. The van der Waals surface area contributed by atoms with E-state index >= 15 is 0 Å². The van der Waals surface area contributed by atoms with Crippen molar-refractivity contribution >= 4 is 5.97 Å². The molecule has 1 fully saturated rings. The predicted molar refractivity (Wildman–Crippen MR) is 104 cm³/mol. The molecule has 1 aliphatic rings. The van der Waals surface area contributed by atoms with Gasteiger partial charge in [0, 0.05) is 32.2 Å². The van der Waals surface area contributed by atoms with Crippen molar-refractivity contribution in [3.05, 3.63) is 71.3 Å². The molecule has 0 aliphatic carbocycles. The zero-order valence-electron chi connectivity index (χ0n) is 15.6. The summed E-state index contributed by atoms with van der Waals surface area (Å²) in [5, 5.41) is 12.8. The number of aromatic carboxylic acids is 1. The van der Waals surface area contributed by atoms with Gasteiger partial charge >= 0.3 is 5.97 Å². The lowest BCUT2D eigenvalue weighted by Gasteiger charge is -2.42. The topological polar surface area (TPSA) is 52.6 Å². The number of piperidine rings is 1. The van der Waals surface area contributed by atoms with Crippen LogP contribution in [0.3, 0.4) is 0 Å². The van der Waals surface area contributed by atoms with Gasteiger partial charge in [-0.3, -0.25) is 4.90 Å². The van der Waals surface area contributed by atoms with Crippen molar-refractivity contribution in [3.8, 4) is 0 Å². The van der Waals surface area contributed by atoms with Crippen molar-refractivity contribution in [3.63, 3.8) is 0 Å². The van der Waals surface area contributed by atoms with Gasteiger partial charge in [0.25, 0.3) is 0 Å². The number of hydrogen-bond acceptors (Lipinski definition) is 3. The lowest BCUT2D eigenvalue weighted by molar-refractivity contribution is 0.0696. The molecule has 4 heteroatoms. The van der Waals surface area contributed by atoms with Crippen LogP contribution in [0.5, 0.6) is 0 Å². The summed E-state index contributed by atoms with van der Waals surface area (Å²) >= 11 is 0. The zero-order chi connectivity index (χ0) is 18.5. The van der Waals surface area contributed by atoms with Crippen LogP contribution >= 0.6 is 0 Å². The van der Waals surface area contributed by atoms with E-state index in [1.54, 1.807) is 12.1 Å². The third-order valence-electron chi connectivity index (χ3n) is 5.28. The van der Waals surface area contributed by atoms with E-state index in [1.807, 2.05) is 12.1 Å². The van der Waals surface area contributed by atoms with E-state index < -0.39 is 5.97 Å². The monoisotopic (exact) mass is 352 g/mol. The highest BCUT2D eigenvalue weighted by molar-refractivity contribution is 5.87. The quantitative estimate of drug-likeness (QED) is 0.833. The van der Waals surface area contributed by atoms with Gasteiger partial charge < -0.3 is 10.4 Å². The molecule has 2 unspecified atom stereocenters. The largest absolute Gasteiger partial charge is 0.478 e. The number of carboxylic acids is 1. The molecule has 0 amide bonds. The van der Waals surface area contributed by atoms with E-state index in [2.05, 4.69) is 54.4 Å². The molecule has 0 bridgehead atoms. The van der Waals surface area contributed by atoms with Gasteiger partial charge in [-0.15, -0.1) is 0 Å². The second-order valence-corrected chi connectivity index (χ2v) is 7.55. The van der Waals surface area contributed by atoms with Crippen LogP contribution in [0.4, 0.5) is 0 Å². The Balaban J connectivity index is 1.56. The Labute approximate surface area is 155 Å². The standard InChI is InChI=1S/C22H28N2O2/c1-16-13-24(15-18-7-4-3-5-8-18)14-17(2)21(16)23-12-19-9-6-10-20(11-19)22(25)26/h3-11,16-17,21,23H,12-15H2,1-2H3,(H,25,26). The number of carbonyl (C=O) groups is 1. The lowest BCUT2D eigenvalue weighted by Crippen LogP contribution is -2.52. The Morgan fingerprint density at radius 3 is 2.35 bits per heavy atom. The van der Waals surface area contributed by atoms with Crippen molar-refractivity contribution in [1.82, 2.24) is 10.2 Å². The molecule has 4 nitrogen and oxygen atoms in total. The van der Waals surface area contributed by atoms with Crippen molar-refractivity contribution in [2.75, 3.05) is 13.1 Å². The maximum Gasteiger partial charge on any atom is 0.335 e. The number of nitrogens with zero attached hydrogens (tertiary/aromatic N) is 1. The van der Waals surface area contributed by atoms with Gasteiger partial charge in [0.05, 0.1) is 5.56 Å². The summed E-state index contributed by atoms with van der Waals surface area (Å²) in [5.41, 5.74) is 2.74. The maximum atomic E-state index is 11.1. The number of benzene rings is 2. The van der Waals surface area contributed by atoms with E-state index in [9.17, 15) is 4.79 Å². The highest BCUT2D eigenvalue weighted by Crippen LogP contribution is 2.24. The first-order valence-electron chi connectivity index (χ1n) is 9.35. The van der Waals surface area contributed by atoms with E-state index in [1.165, 1.54) is 5.56 Å². The molecular formula is C22H28N2O2. The van der Waals surface area contributed by atoms with Gasteiger partial charge in [0.15, 0.2) is 0 Å². The third kappa shape index (κ3) is 4.71. The van der Waals surface area contributed by atoms with Crippen LogP contribution in [0.1, 0.15) is 35.3 Å².